The van der Waals surface area contributed by atoms with Crippen LogP contribution in [0.3, 0.4) is 0 Å². The minimum absolute atomic E-state index is 0.0372. The molecule has 0 saturated carbocycles. The maximum atomic E-state index is 10.6. The van der Waals surface area contributed by atoms with Crippen molar-refractivity contribution in [2.45, 2.75) is 18.9 Å². The van der Waals surface area contributed by atoms with E-state index < -0.39 is 5.97 Å². The number of carboxylic acid groups (broad SMARTS) is 1. The van der Waals surface area contributed by atoms with Crippen molar-refractivity contribution >= 4 is 22.3 Å². The number of fused-ring (bicyclic) bond motifs is 1. The molecule has 0 saturated heterocycles. The minimum atomic E-state index is -0.795. The molecule has 1 atom stereocenters. The normalized spacial score (nSPS) is 20.4. The van der Waals surface area contributed by atoms with Gasteiger partial charge in [-0.05, 0) is 11.6 Å². The van der Waals surface area contributed by atoms with Crippen molar-refractivity contribution in [2.75, 3.05) is 12.3 Å². The highest BCUT2D eigenvalue weighted by atomic mass is 32.1. The Morgan fingerprint density at radius 3 is 3.29 bits per heavy atom. The minimum Gasteiger partial charge on any atom is -0.481 e. The van der Waals surface area contributed by atoms with E-state index in [0.29, 0.717) is 13.2 Å². The lowest BCUT2D eigenvalue weighted by molar-refractivity contribution is -0.138. The van der Waals surface area contributed by atoms with Crippen molar-refractivity contribution in [1.29, 1.82) is 0 Å². The summed E-state index contributed by atoms with van der Waals surface area (Å²) in [6.07, 6.45) is 0.114. The molecule has 4 nitrogen and oxygen atoms in total. The van der Waals surface area contributed by atoms with Crippen molar-refractivity contribution in [3.8, 4) is 0 Å². The van der Waals surface area contributed by atoms with Gasteiger partial charge in [0.05, 0.1) is 24.6 Å². The van der Waals surface area contributed by atoms with Gasteiger partial charge in [-0.3, -0.25) is 4.79 Å². The van der Waals surface area contributed by atoms with Crippen LogP contribution in [0.15, 0.2) is 6.07 Å². The van der Waals surface area contributed by atoms with E-state index in [1.165, 1.54) is 11.3 Å². The smallest absolute Gasteiger partial charge is 0.304 e. The Labute approximate surface area is 85.3 Å². The van der Waals surface area contributed by atoms with Crippen molar-refractivity contribution < 1.29 is 14.6 Å². The predicted octanol–water partition coefficient (Wildman–Crippen LogP) is 1.42. The van der Waals surface area contributed by atoms with Gasteiger partial charge in [-0.2, -0.15) is 0 Å². The third-order valence-electron chi connectivity index (χ3n) is 2.27. The summed E-state index contributed by atoms with van der Waals surface area (Å²) < 4.78 is 5.31. The fourth-order valence-corrected chi connectivity index (χ4v) is 2.64. The average Bonchev–Trinajstić information content (AvgIpc) is 2.45. The van der Waals surface area contributed by atoms with Crippen molar-refractivity contribution in [1.82, 2.24) is 0 Å². The number of nitrogen functional groups attached to an aromatic ring is 1. The number of aliphatic carboxylic acids is 1. The average molecular weight is 213 g/mol. The number of carboxylic acids is 1. The lowest BCUT2D eigenvalue weighted by Gasteiger charge is -2.20. The molecule has 1 unspecified atom stereocenters. The van der Waals surface area contributed by atoms with E-state index in [1.54, 1.807) is 0 Å². The number of thiophene rings is 1. The third kappa shape index (κ3) is 1.73. The molecule has 0 aromatic carbocycles. The van der Waals surface area contributed by atoms with Crippen LogP contribution in [0.5, 0.6) is 0 Å². The standard InChI is InChI=1S/C9H11NO3S/c10-8-2-6-5(1-9(11)12)3-13-4-7(6)14-8/h2,5H,1,3-4,10H2,(H,11,12). The second-order valence-electron chi connectivity index (χ2n) is 3.34. The summed E-state index contributed by atoms with van der Waals surface area (Å²) in [5.41, 5.74) is 6.72. The lowest BCUT2D eigenvalue weighted by atomic mass is 9.95. The summed E-state index contributed by atoms with van der Waals surface area (Å²) in [6.45, 7) is 1.04. The predicted molar refractivity (Wildman–Crippen MR) is 53.4 cm³/mol. The van der Waals surface area contributed by atoms with Gasteiger partial charge in [0, 0.05) is 10.8 Å². The molecular weight excluding hydrogens is 202 g/mol. The second kappa shape index (κ2) is 3.59. The van der Waals surface area contributed by atoms with E-state index in [-0.39, 0.29) is 12.3 Å². The quantitative estimate of drug-likeness (QED) is 0.779. The maximum absolute atomic E-state index is 10.6. The van der Waals surface area contributed by atoms with Gasteiger partial charge in [-0.25, -0.2) is 0 Å². The summed E-state index contributed by atoms with van der Waals surface area (Å²) in [7, 11) is 0. The second-order valence-corrected chi connectivity index (χ2v) is 4.51. The van der Waals surface area contributed by atoms with Gasteiger partial charge in [0.2, 0.25) is 0 Å². The number of nitrogens with two attached hydrogens (primary N) is 1. The molecule has 76 valence electrons. The molecule has 0 spiro atoms. The number of ether oxygens (including phenoxy) is 1. The molecule has 2 heterocycles. The van der Waals surface area contributed by atoms with Gasteiger partial charge in [0.15, 0.2) is 0 Å². The summed E-state index contributed by atoms with van der Waals surface area (Å²) in [5, 5.41) is 9.45. The van der Waals surface area contributed by atoms with Crippen molar-refractivity contribution in [3.63, 3.8) is 0 Å². The molecule has 0 amide bonds. The molecule has 0 radical (unpaired) electrons. The zero-order chi connectivity index (χ0) is 10.1. The van der Waals surface area contributed by atoms with Crippen LogP contribution in [0.25, 0.3) is 0 Å². The first-order valence-corrected chi connectivity index (χ1v) is 5.16. The van der Waals surface area contributed by atoms with E-state index in [4.69, 9.17) is 15.6 Å². The Morgan fingerprint density at radius 1 is 1.79 bits per heavy atom. The molecule has 0 aliphatic carbocycles. The number of carbonyl (C=O) groups is 1. The van der Waals surface area contributed by atoms with Crippen LogP contribution in [-0.4, -0.2) is 17.7 Å². The maximum Gasteiger partial charge on any atom is 0.304 e. The lowest BCUT2D eigenvalue weighted by Crippen LogP contribution is -2.17. The van der Waals surface area contributed by atoms with E-state index in [2.05, 4.69) is 0 Å². The molecule has 0 bridgehead atoms. The first-order valence-electron chi connectivity index (χ1n) is 4.34. The molecule has 2 rings (SSSR count). The molecule has 5 heteroatoms. The Balaban J connectivity index is 2.25. The number of rotatable bonds is 2. The van der Waals surface area contributed by atoms with Gasteiger partial charge in [0.1, 0.15) is 0 Å². The fourth-order valence-electron chi connectivity index (χ4n) is 1.69. The molecule has 1 aliphatic heterocycles. The van der Waals surface area contributed by atoms with Crippen LogP contribution in [0.4, 0.5) is 5.00 Å². The zero-order valence-corrected chi connectivity index (χ0v) is 8.34. The van der Waals surface area contributed by atoms with Crippen LogP contribution in [0, 0.1) is 0 Å². The molecule has 3 N–H and O–H groups in total. The number of anilines is 1. The van der Waals surface area contributed by atoms with E-state index >= 15 is 0 Å². The van der Waals surface area contributed by atoms with E-state index in [1.807, 2.05) is 6.07 Å². The summed E-state index contributed by atoms with van der Waals surface area (Å²) in [4.78, 5) is 11.7. The molecule has 1 aromatic heterocycles. The zero-order valence-electron chi connectivity index (χ0n) is 7.53. The highest BCUT2D eigenvalue weighted by Gasteiger charge is 2.24. The van der Waals surface area contributed by atoms with Crippen molar-refractivity contribution in [2.24, 2.45) is 0 Å². The largest absolute Gasteiger partial charge is 0.481 e. The Bertz CT molecular complexity index is 361. The Morgan fingerprint density at radius 2 is 2.57 bits per heavy atom. The van der Waals surface area contributed by atoms with Gasteiger partial charge >= 0.3 is 5.97 Å². The van der Waals surface area contributed by atoms with E-state index in [9.17, 15) is 4.79 Å². The number of hydrogen-bond acceptors (Lipinski definition) is 4. The monoisotopic (exact) mass is 213 g/mol. The van der Waals surface area contributed by atoms with Gasteiger partial charge < -0.3 is 15.6 Å². The van der Waals surface area contributed by atoms with Gasteiger partial charge in [0.25, 0.3) is 0 Å². The van der Waals surface area contributed by atoms with E-state index in [0.717, 1.165) is 15.4 Å². The topological polar surface area (TPSA) is 72.5 Å². The fraction of sp³-hybridized carbons (Fsp3) is 0.444. The van der Waals surface area contributed by atoms with Crippen LogP contribution in [-0.2, 0) is 16.1 Å². The van der Waals surface area contributed by atoms with Gasteiger partial charge in [-0.15, -0.1) is 11.3 Å². The van der Waals surface area contributed by atoms with Gasteiger partial charge in [-0.1, -0.05) is 0 Å². The molecule has 14 heavy (non-hydrogen) atoms. The summed E-state index contributed by atoms with van der Waals surface area (Å²) >= 11 is 1.48. The molecular formula is C9H11NO3S. The van der Waals surface area contributed by atoms with Crippen molar-refractivity contribution in [3.05, 3.63) is 16.5 Å². The first-order chi connectivity index (χ1) is 6.66. The highest BCUT2D eigenvalue weighted by Crippen LogP contribution is 2.36. The highest BCUT2D eigenvalue weighted by molar-refractivity contribution is 7.16. The molecule has 1 aromatic rings. The Kier molecular flexibility index (Phi) is 2.43. The SMILES string of the molecule is Nc1cc2c(s1)COCC2CC(=O)O. The molecule has 1 aliphatic rings. The molecule has 0 fully saturated rings. The van der Waals surface area contributed by atoms with Crippen LogP contribution in [0.2, 0.25) is 0 Å². The Hall–Kier alpha value is -1.07. The van der Waals surface area contributed by atoms with Crippen LogP contribution < -0.4 is 5.73 Å². The first kappa shape index (κ1) is 9.48. The summed E-state index contributed by atoms with van der Waals surface area (Å²) in [6, 6.07) is 1.87. The van der Waals surface area contributed by atoms with Crippen LogP contribution >= 0.6 is 11.3 Å². The summed E-state index contributed by atoms with van der Waals surface area (Å²) in [5.74, 6) is -0.832. The third-order valence-corrected chi connectivity index (χ3v) is 3.23. The van der Waals surface area contributed by atoms with Crippen LogP contribution in [0.1, 0.15) is 22.8 Å². The number of hydrogen-bond donors (Lipinski definition) is 2.